The Balaban J connectivity index is 1.59. The van der Waals surface area contributed by atoms with Gasteiger partial charge in [0.25, 0.3) is 0 Å². The van der Waals surface area contributed by atoms with Crippen LogP contribution in [-0.2, 0) is 32.6 Å². The molecule has 224 valence electrons. The number of anilines is 1. The van der Waals surface area contributed by atoms with Crippen LogP contribution in [-0.4, -0.2) is 50.0 Å². The molecular formula is C32H37F2N3O4S. The fourth-order valence-corrected chi connectivity index (χ4v) is 6.31. The Morgan fingerprint density at radius 1 is 0.905 bits per heavy atom. The lowest BCUT2D eigenvalue weighted by Crippen LogP contribution is -2.52. The summed E-state index contributed by atoms with van der Waals surface area (Å²) in [6, 6.07) is 20.0. The van der Waals surface area contributed by atoms with Crippen molar-refractivity contribution in [2.75, 3.05) is 17.1 Å². The van der Waals surface area contributed by atoms with Gasteiger partial charge < -0.3 is 10.2 Å². The maximum atomic E-state index is 14.5. The Hall–Kier alpha value is -3.79. The number of sulfonamides is 1. The number of carbonyl (C=O) groups is 2. The number of rotatable bonds is 13. The second-order valence-corrected chi connectivity index (χ2v) is 12.6. The normalized spacial score (nSPS) is 14.4. The van der Waals surface area contributed by atoms with Gasteiger partial charge >= 0.3 is 0 Å². The number of nitrogens with one attached hydrogen (secondary N) is 1. The van der Waals surface area contributed by atoms with Gasteiger partial charge in [0.05, 0.1) is 11.9 Å². The number of benzene rings is 3. The largest absolute Gasteiger partial charge is 0.352 e. The van der Waals surface area contributed by atoms with E-state index in [9.17, 15) is 26.8 Å². The molecule has 1 N–H and O–H groups in total. The molecular weight excluding hydrogens is 560 g/mol. The van der Waals surface area contributed by atoms with Crippen LogP contribution in [0.2, 0.25) is 0 Å². The van der Waals surface area contributed by atoms with E-state index in [2.05, 4.69) is 5.32 Å². The highest BCUT2D eigenvalue weighted by atomic mass is 32.2. The molecule has 0 bridgehead atoms. The quantitative estimate of drug-likeness (QED) is 0.293. The minimum absolute atomic E-state index is 0.0441. The van der Waals surface area contributed by atoms with Crippen LogP contribution >= 0.6 is 0 Å². The first-order chi connectivity index (χ1) is 20.1. The fraction of sp³-hybridized carbons (Fsp3) is 0.375. The second kappa shape index (κ2) is 14.4. The molecule has 10 heteroatoms. The lowest BCUT2D eigenvalue weighted by molar-refractivity contribution is -0.141. The van der Waals surface area contributed by atoms with Crippen molar-refractivity contribution < 1.29 is 26.8 Å². The number of amides is 2. The molecule has 42 heavy (non-hydrogen) atoms. The molecule has 1 aliphatic rings. The van der Waals surface area contributed by atoms with Crippen LogP contribution in [0.1, 0.15) is 49.7 Å². The summed E-state index contributed by atoms with van der Waals surface area (Å²) in [5.74, 6) is -1.71. The Morgan fingerprint density at radius 2 is 1.55 bits per heavy atom. The lowest BCUT2D eigenvalue weighted by atomic mass is 10.0. The zero-order chi connectivity index (χ0) is 30.1. The molecule has 7 nitrogen and oxygen atoms in total. The van der Waals surface area contributed by atoms with E-state index in [4.69, 9.17) is 0 Å². The third-order valence-electron chi connectivity index (χ3n) is 7.51. The first kappa shape index (κ1) is 31.2. The molecule has 0 spiro atoms. The second-order valence-electron chi connectivity index (χ2n) is 10.7. The topological polar surface area (TPSA) is 86.8 Å². The standard InChI is InChI=1S/C32H37F2N3O4S/c1-42(40,41)37(29-15-8-7-14-28(29)34)21-9-16-31(38)36(23-25-17-19-26(33)20-18-25)30(22-24-10-3-2-4-11-24)32(39)35-27-12-5-6-13-27/h2-4,7-8,10-11,14-15,17-20,27,30H,5-6,9,12-13,16,21-23H2,1H3,(H,35,39)/t30-/m1/s1. The maximum absolute atomic E-state index is 14.5. The molecule has 0 saturated heterocycles. The summed E-state index contributed by atoms with van der Waals surface area (Å²) in [6.07, 6.45) is 5.12. The van der Waals surface area contributed by atoms with Crippen molar-refractivity contribution in [3.63, 3.8) is 0 Å². The van der Waals surface area contributed by atoms with Crippen LogP contribution in [0, 0.1) is 11.6 Å². The third-order valence-corrected chi connectivity index (χ3v) is 8.69. The summed E-state index contributed by atoms with van der Waals surface area (Å²) < 4.78 is 54.1. The number of hydrogen-bond acceptors (Lipinski definition) is 4. The summed E-state index contributed by atoms with van der Waals surface area (Å²) in [5, 5.41) is 3.13. The Kier molecular flexibility index (Phi) is 10.7. The van der Waals surface area contributed by atoms with Crippen molar-refractivity contribution in [2.24, 2.45) is 0 Å². The minimum Gasteiger partial charge on any atom is -0.352 e. The van der Waals surface area contributed by atoms with Crippen LogP contribution in [0.25, 0.3) is 0 Å². The van der Waals surface area contributed by atoms with Gasteiger partial charge in [-0.1, -0.05) is 67.4 Å². The lowest BCUT2D eigenvalue weighted by Gasteiger charge is -2.33. The average molecular weight is 598 g/mol. The number of halogens is 2. The van der Waals surface area contributed by atoms with E-state index >= 15 is 0 Å². The molecule has 1 atom stereocenters. The van der Waals surface area contributed by atoms with Crippen LogP contribution in [0.3, 0.4) is 0 Å². The highest BCUT2D eigenvalue weighted by Crippen LogP contribution is 2.23. The molecule has 1 saturated carbocycles. The molecule has 0 aromatic heterocycles. The zero-order valence-electron chi connectivity index (χ0n) is 23.7. The van der Waals surface area contributed by atoms with E-state index in [1.54, 1.807) is 18.2 Å². The molecule has 3 aromatic carbocycles. The molecule has 3 aromatic rings. The number of carbonyl (C=O) groups excluding carboxylic acids is 2. The van der Waals surface area contributed by atoms with Gasteiger partial charge in [-0.15, -0.1) is 0 Å². The van der Waals surface area contributed by atoms with Crippen molar-refractivity contribution in [3.8, 4) is 0 Å². The average Bonchev–Trinajstić information content (AvgIpc) is 3.47. The third kappa shape index (κ3) is 8.61. The van der Waals surface area contributed by atoms with Gasteiger partial charge in [-0.05, 0) is 54.7 Å². The van der Waals surface area contributed by atoms with E-state index in [-0.39, 0.29) is 55.9 Å². The van der Waals surface area contributed by atoms with Gasteiger partial charge in [-0.2, -0.15) is 0 Å². The SMILES string of the molecule is CS(=O)(=O)N(CCCC(=O)N(Cc1ccc(F)cc1)[C@H](Cc1ccccc1)C(=O)NC1CCCC1)c1ccccc1F. The Labute approximate surface area is 246 Å². The smallest absolute Gasteiger partial charge is 0.243 e. The number of nitrogens with zero attached hydrogens (tertiary/aromatic N) is 2. The van der Waals surface area contributed by atoms with Crippen LogP contribution < -0.4 is 9.62 Å². The molecule has 1 aliphatic carbocycles. The molecule has 0 heterocycles. The van der Waals surface area contributed by atoms with E-state index in [0.29, 0.717) is 5.56 Å². The maximum Gasteiger partial charge on any atom is 0.243 e. The van der Waals surface area contributed by atoms with Gasteiger partial charge in [-0.25, -0.2) is 17.2 Å². The van der Waals surface area contributed by atoms with Gasteiger partial charge in [-0.3, -0.25) is 13.9 Å². The van der Waals surface area contributed by atoms with Crippen molar-refractivity contribution in [1.29, 1.82) is 0 Å². The van der Waals surface area contributed by atoms with Crippen LogP contribution in [0.4, 0.5) is 14.5 Å². The monoisotopic (exact) mass is 597 g/mol. The highest BCUT2D eigenvalue weighted by Gasteiger charge is 2.32. The predicted octanol–water partition coefficient (Wildman–Crippen LogP) is 5.21. The van der Waals surface area contributed by atoms with E-state index in [0.717, 1.165) is 41.8 Å². The molecule has 1 fully saturated rings. The molecule has 0 radical (unpaired) electrons. The Bertz CT molecular complexity index is 1450. The predicted molar refractivity (Wildman–Crippen MR) is 159 cm³/mol. The summed E-state index contributed by atoms with van der Waals surface area (Å²) in [4.78, 5) is 29.1. The van der Waals surface area contributed by atoms with Crippen LogP contribution in [0.15, 0.2) is 78.9 Å². The van der Waals surface area contributed by atoms with Gasteiger partial charge in [0.2, 0.25) is 21.8 Å². The summed E-state index contributed by atoms with van der Waals surface area (Å²) in [5.41, 5.74) is 1.44. The number of hydrogen-bond donors (Lipinski definition) is 1. The van der Waals surface area contributed by atoms with Crippen LogP contribution in [0.5, 0.6) is 0 Å². The highest BCUT2D eigenvalue weighted by molar-refractivity contribution is 7.92. The van der Waals surface area contributed by atoms with Crippen molar-refractivity contribution in [3.05, 3.63) is 102 Å². The van der Waals surface area contributed by atoms with Crippen molar-refractivity contribution >= 4 is 27.5 Å². The number of para-hydroxylation sites is 1. The fourth-order valence-electron chi connectivity index (χ4n) is 5.34. The van der Waals surface area contributed by atoms with E-state index in [1.807, 2.05) is 30.3 Å². The van der Waals surface area contributed by atoms with Crippen molar-refractivity contribution in [1.82, 2.24) is 10.2 Å². The van der Waals surface area contributed by atoms with Gasteiger partial charge in [0, 0.05) is 32.0 Å². The molecule has 4 rings (SSSR count). The molecule has 0 unspecified atom stereocenters. The Morgan fingerprint density at radius 3 is 2.19 bits per heavy atom. The summed E-state index contributed by atoms with van der Waals surface area (Å²) in [6.45, 7) is -0.0503. The van der Waals surface area contributed by atoms with Gasteiger partial charge in [0.15, 0.2) is 0 Å². The van der Waals surface area contributed by atoms with E-state index < -0.39 is 27.7 Å². The first-order valence-corrected chi connectivity index (χ1v) is 16.1. The van der Waals surface area contributed by atoms with Crippen molar-refractivity contribution in [2.45, 2.75) is 63.6 Å². The first-order valence-electron chi connectivity index (χ1n) is 14.2. The summed E-state index contributed by atoms with van der Waals surface area (Å²) in [7, 11) is -3.83. The summed E-state index contributed by atoms with van der Waals surface area (Å²) >= 11 is 0. The molecule has 0 aliphatic heterocycles. The van der Waals surface area contributed by atoms with E-state index in [1.165, 1.54) is 35.2 Å². The minimum atomic E-state index is -3.83. The zero-order valence-corrected chi connectivity index (χ0v) is 24.5. The molecule has 2 amide bonds. The van der Waals surface area contributed by atoms with Gasteiger partial charge in [0.1, 0.15) is 17.7 Å².